The zero-order chi connectivity index (χ0) is 22.6. The summed E-state index contributed by atoms with van der Waals surface area (Å²) in [5.74, 6) is 0.567. The summed E-state index contributed by atoms with van der Waals surface area (Å²) in [7, 11) is 0. The Hall–Kier alpha value is -2.44. The molecule has 3 atom stereocenters. The first-order valence-electron chi connectivity index (χ1n) is 9.58. The number of rotatable bonds is 8. The van der Waals surface area contributed by atoms with Crippen LogP contribution in [0, 0.1) is 11.3 Å². The first kappa shape index (κ1) is 23.2. The summed E-state index contributed by atoms with van der Waals surface area (Å²) in [5, 5.41) is 7.15. The number of anilines is 1. The highest BCUT2D eigenvalue weighted by Gasteiger charge is 2.40. The highest BCUT2D eigenvalue weighted by molar-refractivity contribution is 7.88. The van der Waals surface area contributed by atoms with E-state index < -0.39 is 29.2 Å². The van der Waals surface area contributed by atoms with Crippen molar-refractivity contribution in [3.8, 4) is 11.4 Å². The highest BCUT2D eigenvalue weighted by Crippen LogP contribution is 2.33. The minimum atomic E-state index is -2.85. The molecule has 1 saturated heterocycles. The topological polar surface area (TPSA) is 117 Å². The van der Waals surface area contributed by atoms with Gasteiger partial charge in [-0.3, -0.25) is 5.41 Å². The molecule has 1 fully saturated rings. The van der Waals surface area contributed by atoms with E-state index in [1.165, 1.54) is 24.9 Å². The van der Waals surface area contributed by atoms with Gasteiger partial charge in [-0.15, -0.1) is 4.72 Å². The van der Waals surface area contributed by atoms with Crippen LogP contribution < -0.4 is 9.62 Å². The van der Waals surface area contributed by atoms with Gasteiger partial charge in [-0.2, -0.15) is 0 Å². The molecule has 3 heterocycles. The lowest BCUT2D eigenvalue weighted by Gasteiger charge is -2.41. The molecular weight excluding hydrogens is 431 g/mol. The Bertz CT molecular complexity index is 935. The van der Waals surface area contributed by atoms with E-state index in [4.69, 9.17) is 5.41 Å². The quantitative estimate of drug-likeness (QED) is 0.416. The fourth-order valence-electron chi connectivity index (χ4n) is 3.27. The summed E-state index contributed by atoms with van der Waals surface area (Å²) in [5.41, 5.74) is -1.09. The van der Waals surface area contributed by atoms with Crippen LogP contribution in [0.3, 0.4) is 0 Å². The van der Waals surface area contributed by atoms with Crippen LogP contribution in [0.25, 0.3) is 17.5 Å². The Morgan fingerprint density at radius 2 is 2.26 bits per heavy atom. The van der Waals surface area contributed by atoms with E-state index in [1.54, 1.807) is 13.0 Å². The van der Waals surface area contributed by atoms with Crippen molar-refractivity contribution in [2.45, 2.75) is 25.4 Å². The first-order valence-corrected chi connectivity index (χ1v) is 11.1. The number of piperidine rings is 1. The van der Waals surface area contributed by atoms with Crippen LogP contribution in [-0.4, -0.2) is 68.2 Å². The molecule has 3 N–H and O–H groups in total. The van der Waals surface area contributed by atoms with Crippen LogP contribution in [0.5, 0.6) is 0 Å². The number of aromatic nitrogens is 4. The van der Waals surface area contributed by atoms with Crippen molar-refractivity contribution in [2.75, 3.05) is 30.8 Å². The Morgan fingerprint density at radius 1 is 1.48 bits per heavy atom. The van der Waals surface area contributed by atoms with Crippen molar-refractivity contribution >= 4 is 29.0 Å². The van der Waals surface area contributed by atoms with E-state index in [1.807, 2.05) is 4.90 Å². The second-order valence-corrected chi connectivity index (χ2v) is 8.70. The molecule has 12 heteroatoms. The standard InChI is InChI=1S/C19H24F3N7OS/c1-19(22)5-6-29(10-12(19)8-27-31(2)30)17-7-14(25-11-26-17)15-9-24-16(28-15)4-3-13(23)18(20)21/h3-4,7,9,11-12,18,23,27H,5-6,8,10H2,1-2H3,(H,24,28)/b4-3-,23-13?. The minimum Gasteiger partial charge on any atom is -0.598 e. The molecule has 0 radical (unpaired) electrons. The van der Waals surface area contributed by atoms with Gasteiger partial charge in [-0.05, 0) is 25.5 Å². The number of alkyl halides is 3. The highest BCUT2D eigenvalue weighted by atomic mass is 32.2. The molecule has 168 valence electrons. The molecule has 2 aromatic heterocycles. The SMILES string of the molecule is C[S+]([O-])NCC1CN(c2cc(-c3cnc(/C=C\C(=N)C(F)F)[nH]3)ncn2)CCC1(C)F. The third-order valence-corrected chi connectivity index (χ3v) is 5.77. The van der Waals surface area contributed by atoms with Gasteiger partial charge in [0, 0.05) is 43.0 Å². The van der Waals surface area contributed by atoms with Crippen LogP contribution in [0.1, 0.15) is 19.2 Å². The average molecular weight is 456 g/mol. The van der Waals surface area contributed by atoms with E-state index in [0.717, 1.165) is 6.08 Å². The van der Waals surface area contributed by atoms with Crippen molar-refractivity contribution in [2.24, 2.45) is 5.92 Å². The van der Waals surface area contributed by atoms with Gasteiger partial charge in [0.25, 0.3) is 6.43 Å². The van der Waals surface area contributed by atoms with Crippen molar-refractivity contribution in [3.63, 3.8) is 0 Å². The number of halogens is 3. The number of allylic oxidation sites excluding steroid dienone is 1. The summed E-state index contributed by atoms with van der Waals surface area (Å²) in [4.78, 5) is 17.5. The summed E-state index contributed by atoms with van der Waals surface area (Å²) in [6, 6.07) is 1.74. The molecule has 0 amide bonds. The van der Waals surface area contributed by atoms with Crippen molar-refractivity contribution in [3.05, 3.63) is 30.5 Å². The number of imidazole rings is 1. The number of aromatic amines is 1. The molecule has 2 aromatic rings. The predicted molar refractivity (Wildman–Crippen MR) is 114 cm³/mol. The monoisotopic (exact) mass is 455 g/mol. The number of nitrogens with one attached hydrogen (secondary N) is 3. The molecule has 31 heavy (non-hydrogen) atoms. The zero-order valence-corrected chi connectivity index (χ0v) is 17.9. The summed E-state index contributed by atoms with van der Waals surface area (Å²) < 4.78 is 53.9. The number of hydrogen-bond donors (Lipinski definition) is 3. The third-order valence-electron chi connectivity index (χ3n) is 5.20. The minimum absolute atomic E-state index is 0.286. The molecule has 3 unspecified atom stereocenters. The molecule has 0 aromatic carbocycles. The van der Waals surface area contributed by atoms with Gasteiger partial charge in [0.2, 0.25) is 0 Å². The van der Waals surface area contributed by atoms with Crippen molar-refractivity contribution in [1.29, 1.82) is 5.41 Å². The molecule has 3 rings (SSSR count). The van der Waals surface area contributed by atoms with Gasteiger partial charge in [0.05, 0.1) is 23.3 Å². The van der Waals surface area contributed by atoms with Gasteiger partial charge in [0.15, 0.2) is 0 Å². The Balaban J connectivity index is 1.74. The number of hydrogen-bond acceptors (Lipinski definition) is 7. The van der Waals surface area contributed by atoms with Gasteiger partial charge >= 0.3 is 0 Å². The Morgan fingerprint density at radius 3 is 2.97 bits per heavy atom. The molecule has 0 aliphatic carbocycles. The predicted octanol–water partition coefficient (Wildman–Crippen LogP) is 2.60. The largest absolute Gasteiger partial charge is 0.598 e. The van der Waals surface area contributed by atoms with Crippen LogP contribution in [0.4, 0.5) is 19.0 Å². The van der Waals surface area contributed by atoms with E-state index in [2.05, 4.69) is 24.7 Å². The summed E-state index contributed by atoms with van der Waals surface area (Å²) in [6.07, 6.45) is 4.16. The molecule has 0 spiro atoms. The van der Waals surface area contributed by atoms with E-state index in [9.17, 15) is 17.7 Å². The molecule has 8 nitrogen and oxygen atoms in total. The smallest absolute Gasteiger partial charge is 0.279 e. The molecule has 1 aliphatic rings. The second-order valence-electron chi connectivity index (χ2n) is 7.51. The maximum atomic E-state index is 14.9. The van der Waals surface area contributed by atoms with Crippen LogP contribution in [0.15, 0.2) is 24.7 Å². The Labute approximate surface area is 181 Å². The molecule has 0 saturated carbocycles. The lowest BCUT2D eigenvalue weighted by Crippen LogP contribution is -2.52. The zero-order valence-electron chi connectivity index (χ0n) is 17.1. The van der Waals surface area contributed by atoms with Gasteiger partial charge < -0.3 is 14.4 Å². The molecular formula is C19H24F3N7OS. The van der Waals surface area contributed by atoms with Crippen molar-refractivity contribution in [1.82, 2.24) is 24.7 Å². The number of nitrogens with zero attached hydrogens (tertiary/aromatic N) is 4. The second kappa shape index (κ2) is 9.79. The lowest BCUT2D eigenvalue weighted by atomic mass is 9.84. The summed E-state index contributed by atoms with van der Waals surface area (Å²) >= 11 is -1.22. The van der Waals surface area contributed by atoms with Crippen LogP contribution in [-0.2, 0) is 11.4 Å². The first-order chi connectivity index (χ1) is 14.7. The fourth-order valence-corrected chi connectivity index (χ4v) is 3.70. The average Bonchev–Trinajstić information content (AvgIpc) is 3.20. The van der Waals surface area contributed by atoms with Gasteiger partial charge in [0.1, 0.15) is 29.9 Å². The normalized spacial score (nSPS) is 22.9. The fraction of sp³-hybridized carbons (Fsp3) is 0.474. The lowest BCUT2D eigenvalue weighted by molar-refractivity contribution is 0.0805. The molecule has 1 aliphatic heterocycles. The van der Waals surface area contributed by atoms with E-state index in [0.29, 0.717) is 42.5 Å². The van der Waals surface area contributed by atoms with Crippen LogP contribution in [0.2, 0.25) is 0 Å². The maximum Gasteiger partial charge on any atom is 0.279 e. The summed E-state index contributed by atoms with van der Waals surface area (Å²) in [6.45, 7) is 2.73. The van der Waals surface area contributed by atoms with Gasteiger partial charge in [-0.25, -0.2) is 28.1 Å². The Kier molecular flexibility index (Phi) is 7.34. The van der Waals surface area contributed by atoms with Crippen molar-refractivity contribution < 1.29 is 17.7 Å². The maximum absolute atomic E-state index is 14.9. The van der Waals surface area contributed by atoms with E-state index >= 15 is 0 Å². The third kappa shape index (κ3) is 6.05. The molecule has 0 bridgehead atoms. The van der Waals surface area contributed by atoms with E-state index in [-0.39, 0.29) is 12.5 Å². The van der Waals surface area contributed by atoms with Crippen LogP contribution >= 0.6 is 0 Å². The number of H-pyrrole nitrogens is 1. The van der Waals surface area contributed by atoms with Gasteiger partial charge in [-0.1, -0.05) is 0 Å².